The van der Waals surface area contributed by atoms with E-state index in [2.05, 4.69) is 10.6 Å². The summed E-state index contributed by atoms with van der Waals surface area (Å²) in [5.41, 5.74) is 0.999. The van der Waals surface area contributed by atoms with Gasteiger partial charge in [0.1, 0.15) is 18.4 Å². The number of benzene rings is 2. The molecule has 0 spiro atoms. The molecule has 0 saturated carbocycles. The molecule has 6 heteroatoms. The summed E-state index contributed by atoms with van der Waals surface area (Å²) in [5.74, 6) is 0.651. The van der Waals surface area contributed by atoms with Crippen LogP contribution in [-0.2, 0) is 9.59 Å². The number of para-hydroxylation sites is 2. The van der Waals surface area contributed by atoms with Gasteiger partial charge in [-0.2, -0.15) is 0 Å². The molecule has 0 aliphatic carbocycles. The van der Waals surface area contributed by atoms with E-state index in [1.165, 1.54) is 6.92 Å². The highest BCUT2D eigenvalue weighted by Gasteiger charge is 2.22. The highest BCUT2D eigenvalue weighted by Crippen LogP contribution is 2.30. The summed E-state index contributed by atoms with van der Waals surface area (Å²) in [5, 5.41) is 5.35. The van der Waals surface area contributed by atoms with Crippen molar-refractivity contribution >= 4 is 17.9 Å². The zero-order valence-corrected chi connectivity index (χ0v) is 14.4. The van der Waals surface area contributed by atoms with Gasteiger partial charge in [-0.15, -0.1) is 0 Å². The molecule has 1 unspecified atom stereocenters. The number of carbonyl (C=O) groups is 2. The summed E-state index contributed by atoms with van der Waals surface area (Å²) < 4.78 is 11.4. The number of hydrogen-bond donors (Lipinski definition) is 2. The Hall–Kier alpha value is -3.28. The molecule has 6 nitrogen and oxygen atoms in total. The van der Waals surface area contributed by atoms with E-state index in [0.717, 1.165) is 5.56 Å². The van der Waals surface area contributed by atoms with Crippen molar-refractivity contribution in [1.29, 1.82) is 0 Å². The lowest BCUT2D eigenvalue weighted by Crippen LogP contribution is -2.43. The van der Waals surface area contributed by atoms with Crippen molar-refractivity contribution in [3.05, 3.63) is 65.9 Å². The van der Waals surface area contributed by atoms with Gasteiger partial charge in [-0.1, -0.05) is 42.5 Å². The van der Waals surface area contributed by atoms with Gasteiger partial charge in [-0.3, -0.25) is 9.59 Å². The van der Waals surface area contributed by atoms with Crippen LogP contribution < -0.4 is 20.1 Å². The van der Waals surface area contributed by atoms with Crippen LogP contribution in [0.3, 0.4) is 0 Å². The fourth-order valence-electron chi connectivity index (χ4n) is 2.53. The Morgan fingerprint density at radius 1 is 1.08 bits per heavy atom. The lowest BCUT2D eigenvalue weighted by Gasteiger charge is -2.26. The fraction of sp³-hybridized carbons (Fsp3) is 0.200. The van der Waals surface area contributed by atoms with Crippen molar-refractivity contribution in [1.82, 2.24) is 10.6 Å². The Morgan fingerprint density at radius 2 is 1.77 bits per heavy atom. The van der Waals surface area contributed by atoms with Crippen LogP contribution in [0.4, 0.5) is 0 Å². The molecule has 2 amide bonds. The number of ether oxygens (including phenoxy) is 2. The van der Waals surface area contributed by atoms with Crippen LogP contribution >= 0.6 is 0 Å². The Labute approximate surface area is 151 Å². The second-order valence-electron chi connectivity index (χ2n) is 5.86. The van der Waals surface area contributed by atoms with Crippen LogP contribution in [0.2, 0.25) is 0 Å². The Kier molecular flexibility index (Phi) is 5.53. The molecule has 0 radical (unpaired) electrons. The molecular weight excluding hydrogens is 332 g/mol. The SMILES string of the molecule is CC(=O)NC(=Cc1ccccc1)C(=O)NCC1COc2ccccc2O1. The molecular formula is C20H20N2O4. The summed E-state index contributed by atoms with van der Waals surface area (Å²) in [6, 6.07) is 16.7. The first-order chi connectivity index (χ1) is 12.6. The molecule has 0 aromatic heterocycles. The maximum atomic E-state index is 12.5. The van der Waals surface area contributed by atoms with Gasteiger partial charge >= 0.3 is 0 Å². The number of carbonyl (C=O) groups excluding carboxylic acids is 2. The van der Waals surface area contributed by atoms with Crippen LogP contribution in [-0.4, -0.2) is 31.1 Å². The molecule has 2 N–H and O–H groups in total. The molecule has 2 aromatic carbocycles. The van der Waals surface area contributed by atoms with Crippen molar-refractivity contribution < 1.29 is 19.1 Å². The molecule has 0 saturated heterocycles. The molecule has 26 heavy (non-hydrogen) atoms. The molecule has 1 aliphatic heterocycles. The van der Waals surface area contributed by atoms with E-state index in [-0.39, 0.29) is 30.2 Å². The molecule has 0 bridgehead atoms. The largest absolute Gasteiger partial charge is 0.486 e. The van der Waals surface area contributed by atoms with Gasteiger partial charge in [-0.05, 0) is 23.8 Å². The average Bonchev–Trinajstić information content (AvgIpc) is 2.66. The summed E-state index contributed by atoms with van der Waals surface area (Å²) in [6.45, 7) is 1.97. The van der Waals surface area contributed by atoms with Crippen molar-refractivity contribution in [3.8, 4) is 11.5 Å². The topological polar surface area (TPSA) is 76.7 Å². The maximum absolute atomic E-state index is 12.5. The van der Waals surface area contributed by atoms with Gasteiger partial charge < -0.3 is 20.1 Å². The standard InChI is InChI=1S/C20H20N2O4/c1-14(23)22-17(11-15-7-3-2-4-8-15)20(24)21-12-16-13-25-18-9-5-6-10-19(18)26-16/h2-11,16H,12-13H2,1H3,(H,21,24)(H,22,23). The van der Waals surface area contributed by atoms with Crippen molar-refractivity contribution in [3.63, 3.8) is 0 Å². The highest BCUT2D eigenvalue weighted by molar-refractivity contribution is 6.00. The fourth-order valence-corrected chi connectivity index (χ4v) is 2.53. The Bertz CT molecular complexity index is 818. The van der Waals surface area contributed by atoms with Crippen molar-refractivity contribution in [2.24, 2.45) is 0 Å². The third-order valence-electron chi connectivity index (χ3n) is 3.72. The number of rotatable bonds is 5. The van der Waals surface area contributed by atoms with E-state index in [1.807, 2.05) is 54.6 Å². The number of amides is 2. The van der Waals surface area contributed by atoms with E-state index >= 15 is 0 Å². The van der Waals surface area contributed by atoms with Crippen LogP contribution in [0, 0.1) is 0 Å². The van der Waals surface area contributed by atoms with Gasteiger partial charge in [0.15, 0.2) is 11.5 Å². The Morgan fingerprint density at radius 3 is 2.50 bits per heavy atom. The van der Waals surface area contributed by atoms with Gasteiger partial charge in [0.25, 0.3) is 5.91 Å². The number of hydrogen-bond acceptors (Lipinski definition) is 4. The molecule has 1 aliphatic rings. The predicted octanol–water partition coefficient (Wildman–Crippen LogP) is 2.12. The maximum Gasteiger partial charge on any atom is 0.267 e. The first kappa shape index (κ1) is 17.5. The molecule has 1 heterocycles. The van der Waals surface area contributed by atoms with E-state index in [0.29, 0.717) is 18.1 Å². The summed E-state index contributed by atoms with van der Waals surface area (Å²) in [4.78, 5) is 23.9. The first-order valence-electron chi connectivity index (χ1n) is 8.33. The average molecular weight is 352 g/mol. The minimum atomic E-state index is -0.383. The third-order valence-corrected chi connectivity index (χ3v) is 3.72. The van der Waals surface area contributed by atoms with E-state index < -0.39 is 0 Å². The minimum absolute atomic E-state index is 0.181. The lowest BCUT2D eigenvalue weighted by molar-refractivity contribution is -0.122. The van der Waals surface area contributed by atoms with Crippen LogP contribution in [0.1, 0.15) is 12.5 Å². The predicted molar refractivity (Wildman–Crippen MR) is 97.6 cm³/mol. The van der Waals surface area contributed by atoms with E-state index in [1.54, 1.807) is 6.08 Å². The monoisotopic (exact) mass is 352 g/mol. The van der Waals surface area contributed by atoms with E-state index in [4.69, 9.17) is 9.47 Å². The molecule has 2 aromatic rings. The minimum Gasteiger partial charge on any atom is -0.486 e. The first-order valence-corrected chi connectivity index (χ1v) is 8.33. The van der Waals surface area contributed by atoms with Crippen molar-refractivity contribution in [2.75, 3.05) is 13.2 Å². The third kappa shape index (κ3) is 4.63. The molecule has 134 valence electrons. The van der Waals surface area contributed by atoms with Gasteiger partial charge in [0, 0.05) is 6.92 Å². The smallest absolute Gasteiger partial charge is 0.267 e. The zero-order valence-electron chi connectivity index (χ0n) is 14.4. The lowest BCUT2D eigenvalue weighted by atomic mass is 10.2. The van der Waals surface area contributed by atoms with Crippen LogP contribution in [0.5, 0.6) is 11.5 Å². The van der Waals surface area contributed by atoms with E-state index in [9.17, 15) is 9.59 Å². The second kappa shape index (κ2) is 8.20. The second-order valence-corrected chi connectivity index (χ2v) is 5.86. The zero-order chi connectivity index (χ0) is 18.4. The quantitative estimate of drug-likeness (QED) is 0.808. The van der Waals surface area contributed by atoms with Gasteiger partial charge in [0.2, 0.25) is 5.91 Å². The summed E-state index contributed by atoms with van der Waals surface area (Å²) >= 11 is 0. The van der Waals surface area contributed by atoms with Crippen molar-refractivity contribution in [2.45, 2.75) is 13.0 Å². The summed E-state index contributed by atoms with van der Waals surface area (Å²) in [7, 11) is 0. The number of nitrogens with one attached hydrogen (secondary N) is 2. The normalized spacial score (nSPS) is 15.9. The molecule has 0 fully saturated rings. The molecule has 3 rings (SSSR count). The van der Waals surface area contributed by atoms with Crippen LogP contribution in [0.15, 0.2) is 60.3 Å². The highest BCUT2D eigenvalue weighted by atomic mass is 16.6. The van der Waals surface area contributed by atoms with Crippen LogP contribution in [0.25, 0.3) is 6.08 Å². The number of fused-ring (bicyclic) bond motifs is 1. The van der Waals surface area contributed by atoms with Gasteiger partial charge in [-0.25, -0.2) is 0 Å². The molecule has 1 atom stereocenters. The van der Waals surface area contributed by atoms with Gasteiger partial charge in [0.05, 0.1) is 6.54 Å². The summed E-state index contributed by atoms with van der Waals surface area (Å²) in [6.07, 6.45) is 1.33. The Balaban J connectivity index is 1.63.